The Bertz CT molecular complexity index is 1460. The standard InChI is InChI=1S/C27H22FN5O3S2/c1-17-32-33-27(38-17)31-24(34)16-37-22-13-11-21(12-14-22)29-26(36)23(15-18-7-9-20(28)10-8-18)30-25(35)19-5-3-2-4-6-19/h2-15H,16H2,1H3,(H,29,36)(H,30,35)(H,31,33,34)/b23-15-. The molecule has 0 atom stereocenters. The zero-order chi connectivity index (χ0) is 26.9. The third-order valence-corrected chi connectivity index (χ3v) is 6.73. The van der Waals surface area contributed by atoms with E-state index < -0.39 is 17.6 Å². The number of hydrogen-bond donors (Lipinski definition) is 3. The molecular weight excluding hydrogens is 525 g/mol. The Morgan fingerprint density at radius 2 is 1.63 bits per heavy atom. The molecule has 3 N–H and O–H groups in total. The van der Waals surface area contributed by atoms with Gasteiger partial charge >= 0.3 is 0 Å². The number of nitrogens with zero attached hydrogens (tertiary/aromatic N) is 2. The van der Waals surface area contributed by atoms with Crippen molar-refractivity contribution in [3.8, 4) is 0 Å². The third kappa shape index (κ3) is 7.82. The number of hydrogen-bond acceptors (Lipinski definition) is 7. The SMILES string of the molecule is Cc1nnc(NC(=O)CSc2ccc(NC(=O)/C(=C/c3ccc(F)cc3)NC(=O)c3ccccc3)cc2)s1. The van der Waals surface area contributed by atoms with Crippen LogP contribution in [0.25, 0.3) is 6.08 Å². The van der Waals surface area contributed by atoms with Gasteiger partial charge in [0.05, 0.1) is 5.75 Å². The second-order valence-corrected chi connectivity index (χ2v) is 10.1. The molecule has 8 nitrogen and oxygen atoms in total. The van der Waals surface area contributed by atoms with Crippen LogP contribution in [-0.4, -0.2) is 33.7 Å². The van der Waals surface area contributed by atoms with E-state index >= 15 is 0 Å². The van der Waals surface area contributed by atoms with Gasteiger partial charge in [0.2, 0.25) is 11.0 Å². The van der Waals surface area contributed by atoms with Gasteiger partial charge < -0.3 is 10.6 Å². The molecule has 0 unspecified atom stereocenters. The van der Waals surface area contributed by atoms with Gasteiger partial charge in [0, 0.05) is 16.1 Å². The fourth-order valence-corrected chi connectivity index (χ4v) is 4.46. The summed E-state index contributed by atoms with van der Waals surface area (Å²) in [6, 6.07) is 21.0. The molecular formula is C27H22FN5O3S2. The average Bonchev–Trinajstić information content (AvgIpc) is 3.33. The van der Waals surface area contributed by atoms with Gasteiger partial charge in [-0.05, 0) is 67.1 Å². The van der Waals surface area contributed by atoms with E-state index in [9.17, 15) is 18.8 Å². The van der Waals surface area contributed by atoms with Gasteiger partial charge in [0.1, 0.15) is 16.5 Å². The number of nitrogens with one attached hydrogen (secondary N) is 3. The zero-order valence-corrected chi connectivity index (χ0v) is 21.7. The zero-order valence-electron chi connectivity index (χ0n) is 20.1. The lowest BCUT2D eigenvalue weighted by atomic mass is 10.1. The van der Waals surface area contributed by atoms with E-state index in [1.807, 2.05) is 0 Å². The van der Waals surface area contributed by atoms with Crippen LogP contribution < -0.4 is 16.0 Å². The fraction of sp³-hybridized carbons (Fsp3) is 0.0741. The van der Waals surface area contributed by atoms with E-state index in [1.165, 1.54) is 53.4 Å². The van der Waals surface area contributed by atoms with E-state index in [0.717, 1.165) is 9.90 Å². The highest BCUT2D eigenvalue weighted by Crippen LogP contribution is 2.22. The van der Waals surface area contributed by atoms with Crippen molar-refractivity contribution in [2.45, 2.75) is 11.8 Å². The van der Waals surface area contributed by atoms with Crippen LogP contribution in [0.5, 0.6) is 0 Å². The number of rotatable bonds is 9. The van der Waals surface area contributed by atoms with Crippen LogP contribution in [0.3, 0.4) is 0 Å². The maximum absolute atomic E-state index is 13.3. The predicted octanol–water partition coefficient (Wildman–Crippen LogP) is 5.13. The highest BCUT2D eigenvalue weighted by molar-refractivity contribution is 8.00. The molecule has 0 fully saturated rings. The Balaban J connectivity index is 1.40. The van der Waals surface area contributed by atoms with Crippen LogP contribution in [0.15, 0.2) is 89.5 Å². The highest BCUT2D eigenvalue weighted by Gasteiger charge is 2.15. The maximum Gasteiger partial charge on any atom is 0.272 e. The summed E-state index contributed by atoms with van der Waals surface area (Å²) in [5.74, 6) is -1.44. The van der Waals surface area contributed by atoms with Gasteiger partial charge in [0.25, 0.3) is 11.8 Å². The topological polar surface area (TPSA) is 113 Å². The summed E-state index contributed by atoms with van der Waals surface area (Å²) in [7, 11) is 0. The molecule has 0 aliphatic heterocycles. The largest absolute Gasteiger partial charge is 0.321 e. The van der Waals surface area contributed by atoms with Gasteiger partial charge in [-0.3, -0.25) is 19.7 Å². The van der Waals surface area contributed by atoms with Crippen molar-refractivity contribution in [1.82, 2.24) is 15.5 Å². The van der Waals surface area contributed by atoms with Crippen LogP contribution in [0, 0.1) is 12.7 Å². The lowest BCUT2D eigenvalue weighted by Crippen LogP contribution is -2.30. The summed E-state index contributed by atoms with van der Waals surface area (Å²) >= 11 is 2.63. The smallest absolute Gasteiger partial charge is 0.272 e. The summed E-state index contributed by atoms with van der Waals surface area (Å²) in [4.78, 5) is 38.8. The second kappa shape index (κ2) is 12.7. The quantitative estimate of drug-likeness (QED) is 0.198. The Kier molecular flexibility index (Phi) is 8.96. The maximum atomic E-state index is 13.3. The number of aromatic nitrogens is 2. The third-order valence-electron chi connectivity index (χ3n) is 4.96. The number of carbonyl (C=O) groups is 3. The summed E-state index contributed by atoms with van der Waals surface area (Å²) in [6.07, 6.45) is 1.47. The number of aryl methyl sites for hydroxylation is 1. The molecule has 11 heteroatoms. The Morgan fingerprint density at radius 1 is 0.921 bits per heavy atom. The molecule has 4 aromatic rings. The minimum atomic E-state index is -0.550. The predicted molar refractivity (Wildman–Crippen MR) is 147 cm³/mol. The monoisotopic (exact) mass is 547 g/mol. The summed E-state index contributed by atoms with van der Waals surface area (Å²) in [6.45, 7) is 1.81. The van der Waals surface area contributed by atoms with Crippen LogP contribution in [0.4, 0.5) is 15.2 Å². The molecule has 0 spiro atoms. The molecule has 0 saturated carbocycles. The van der Waals surface area contributed by atoms with Gasteiger partial charge in [-0.1, -0.05) is 41.7 Å². The van der Waals surface area contributed by atoms with Crippen LogP contribution >= 0.6 is 23.1 Å². The van der Waals surface area contributed by atoms with Crippen molar-refractivity contribution < 1.29 is 18.8 Å². The number of amides is 3. The van der Waals surface area contributed by atoms with E-state index in [4.69, 9.17) is 0 Å². The van der Waals surface area contributed by atoms with Crippen LogP contribution in [0.2, 0.25) is 0 Å². The molecule has 0 aliphatic carbocycles. The molecule has 0 bridgehead atoms. The minimum Gasteiger partial charge on any atom is -0.321 e. The van der Waals surface area contributed by atoms with E-state index in [1.54, 1.807) is 61.5 Å². The van der Waals surface area contributed by atoms with Crippen molar-refractivity contribution >= 4 is 57.7 Å². The average molecular weight is 548 g/mol. The minimum absolute atomic E-state index is 0.00695. The molecule has 0 radical (unpaired) electrons. The lowest BCUT2D eigenvalue weighted by molar-refractivity contribution is -0.114. The van der Waals surface area contributed by atoms with Gasteiger partial charge in [0.15, 0.2) is 0 Å². The first-order valence-electron chi connectivity index (χ1n) is 11.3. The Hall–Kier alpha value is -4.35. The van der Waals surface area contributed by atoms with Gasteiger partial charge in [-0.15, -0.1) is 22.0 Å². The Morgan fingerprint density at radius 3 is 2.29 bits per heavy atom. The first kappa shape index (κ1) is 26.7. The van der Waals surface area contributed by atoms with Crippen LogP contribution in [0.1, 0.15) is 20.9 Å². The molecule has 3 aromatic carbocycles. The molecule has 1 heterocycles. The van der Waals surface area contributed by atoms with Crippen molar-refractivity contribution in [1.29, 1.82) is 0 Å². The number of thioether (sulfide) groups is 1. The van der Waals surface area contributed by atoms with Crippen molar-refractivity contribution in [2.75, 3.05) is 16.4 Å². The lowest BCUT2D eigenvalue weighted by Gasteiger charge is -2.12. The Labute approximate surface area is 226 Å². The first-order valence-corrected chi connectivity index (χ1v) is 13.1. The molecule has 38 heavy (non-hydrogen) atoms. The number of halogens is 1. The summed E-state index contributed by atoms with van der Waals surface area (Å²) in [5, 5.41) is 17.0. The highest BCUT2D eigenvalue weighted by atomic mass is 32.2. The van der Waals surface area contributed by atoms with E-state index in [-0.39, 0.29) is 17.4 Å². The number of benzene rings is 3. The van der Waals surface area contributed by atoms with Crippen LogP contribution in [-0.2, 0) is 9.59 Å². The molecule has 0 aliphatic rings. The van der Waals surface area contributed by atoms with E-state index in [0.29, 0.717) is 21.9 Å². The number of carbonyl (C=O) groups excluding carboxylic acids is 3. The van der Waals surface area contributed by atoms with Crippen molar-refractivity contribution in [2.24, 2.45) is 0 Å². The van der Waals surface area contributed by atoms with Crippen molar-refractivity contribution in [3.05, 3.63) is 107 Å². The fourth-order valence-electron chi connectivity index (χ4n) is 3.15. The molecule has 1 aromatic heterocycles. The van der Waals surface area contributed by atoms with E-state index in [2.05, 4.69) is 26.1 Å². The molecule has 192 valence electrons. The first-order chi connectivity index (χ1) is 18.4. The summed E-state index contributed by atoms with van der Waals surface area (Å²) < 4.78 is 13.3. The van der Waals surface area contributed by atoms with Crippen molar-refractivity contribution in [3.63, 3.8) is 0 Å². The van der Waals surface area contributed by atoms with Gasteiger partial charge in [-0.2, -0.15) is 0 Å². The number of anilines is 2. The molecule has 4 rings (SSSR count). The molecule has 3 amide bonds. The summed E-state index contributed by atoms with van der Waals surface area (Å²) in [5.41, 5.74) is 1.41. The normalized spacial score (nSPS) is 11.1. The molecule has 0 saturated heterocycles. The van der Waals surface area contributed by atoms with Gasteiger partial charge in [-0.25, -0.2) is 4.39 Å². The second-order valence-electron chi connectivity index (χ2n) is 7.87.